The number of benzene rings is 2. The largest absolute Gasteiger partial charge is 0.489 e. The molecule has 3 aliphatic rings. The average Bonchev–Trinajstić information content (AvgIpc) is 3.86. The highest BCUT2D eigenvalue weighted by Crippen LogP contribution is 2.56. The second kappa shape index (κ2) is 12.8. The Morgan fingerprint density at radius 1 is 0.976 bits per heavy atom. The number of hydrogen-bond acceptors (Lipinski definition) is 6. The number of aromatic nitrogens is 1. The molecule has 2 unspecified atom stereocenters. The fourth-order valence-electron chi connectivity index (χ4n) is 6.61. The van der Waals surface area contributed by atoms with Crippen molar-refractivity contribution < 1.29 is 22.5 Å². The fourth-order valence-corrected chi connectivity index (χ4v) is 7.86. The lowest BCUT2D eigenvalue weighted by Gasteiger charge is -2.24. The monoisotopic (exact) mass is 650 g/mol. The van der Waals surface area contributed by atoms with Crippen LogP contribution in [0.25, 0.3) is 11.3 Å². The predicted molar refractivity (Wildman–Crippen MR) is 164 cm³/mol. The van der Waals surface area contributed by atoms with E-state index >= 15 is 0 Å². The summed E-state index contributed by atoms with van der Waals surface area (Å²) in [6.45, 7) is 0.264. The Kier molecular flexibility index (Phi) is 9.06. The summed E-state index contributed by atoms with van der Waals surface area (Å²) in [5.74, 6) is 2.86. The first-order valence-corrected chi connectivity index (χ1v) is 16.9. The lowest BCUT2D eigenvalue weighted by molar-refractivity contribution is -0.123. The molecular weight excluding hydrogens is 619 g/mol. The van der Waals surface area contributed by atoms with Gasteiger partial charge in [-0.1, -0.05) is 77.8 Å². The van der Waals surface area contributed by atoms with Crippen molar-refractivity contribution in [1.29, 1.82) is 0 Å². The molecule has 3 aromatic rings. The van der Waals surface area contributed by atoms with E-state index in [1.54, 1.807) is 18.2 Å². The van der Waals surface area contributed by atoms with Gasteiger partial charge in [-0.2, -0.15) is 0 Å². The van der Waals surface area contributed by atoms with Gasteiger partial charge in [0.25, 0.3) is 0 Å². The highest BCUT2D eigenvalue weighted by molar-refractivity contribution is 7.71. The van der Waals surface area contributed by atoms with E-state index in [0.717, 1.165) is 74.7 Å². The van der Waals surface area contributed by atoms with Crippen LogP contribution in [0, 0.1) is 17.8 Å². The minimum Gasteiger partial charge on any atom is -0.489 e. The van der Waals surface area contributed by atoms with Gasteiger partial charge in [0.05, 0.1) is 15.6 Å². The molecule has 0 saturated heterocycles. The first kappa shape index (κ1) is 29.8. The number of thiol groups is 1. The molecule has 6 rings (SSSR count). The number of rotatable bonds is 9. The Morgan fingerprint density at radius 2 is 1.69 bits per heavy atom. The Bertz CT molecular complexity index is 1520. The Balaban J connectivity index is 1.09. The maximum atomic E-state index is 12.1. The van der Waals surface area contributed by atoms with Crippen LogP contribution < -0.4 is 9.46 Å². The quantitative estimate of drug-likeness (QED) is 0.227. The molecular formula is C31H33Cl3N2O5S. The highest BCUT2D eigenvalue weighted by Gasteiger charge is 2.44. The molecule has 224 valence electrons. The van der Waals surface area contributed by atoms with E-state index in [0.29, 0.717) is 55.7 Å². The molecule has 1 aromatic heterocycles. The van der Waals surface area contributed by atoms with Crippen molar-refractivity contribution in [3.05, 3.63) is 68.4 Å². The molecule has 3 saturated carbocycles. The fraction of sp³-hybridized carbons (Fsp3) is 0.484. The molecule has 0 bridgehead atoms. The molecule has 3 fully saturated rings. The Labute approximate surface area is 262 Å². The van der Waals surface area contributed by atoms with Crippen LogP contribution in [-0.2, 0) is 22.3 Å². The van der Waals surface area contributed by atoms with Gasteiger partial charge in [-0.05, 0) is 79.7 Å². The summed E-state index contributed by atoms with van der Waals surface area (Å²) in [5.41, 5.74) is 3.28. The second-order valence-corrected chi connectivity index (χ2v) is 13.7. The molecule has 1 amide bonds. The van der Waals surface area contributed by atoms with E-state index in [-0.39, 0.29) is 18.4 Å². The van der Waals surface area contributed by atoms with Crippen molar-refractivity contribution in [3.63, 3.8) is 0 Å². The average molecular weight is 652 g/mol. The van der Waals surface area contributed by atoms with Crippen LogP contribution in [0.3, 0.4) is 0 Å². The van der Waals surface area contributed by atoms with Gasteiger partial charge in [0.2, 0.25) is 16.8 Å². The van der Waals surface area contributed by atoms with Crippen LogP contribution >= 0.6 is 34.8 Å². The van der Waals surface area contributed by atoms with Gasteiger partial charge in [0, 0.05) is 22.4 Å². The highest BCUT2D eigenvalue weighted by atomic mass is 35.5. The first-order chi connectivity index (χ1) is 20.3. The van der Waals surface area contributed by atoms with Crippen LogP contribution in [0.5, 0.6) is 5.75 Å². The van der Waals surface area contributed by atoms with Crippen molar-refractivity contribution in [2.45, 2.75) is 76.2 Å². The normalized spacial score (nSPS) is 24.2. The molecule has 3 aliphatic carbocycles. The lowest BCUT2D eigenvalue weighted by Crippen LogP contribution is -2.30. The third-order valence-electron chi connectivity index (χ3n) is 8.99. The van der Waals surface area contributed by atoms with E-state index < -0.39 is 10.9 Å². The number of hydrogen-bond donors (Lipinski definition) is 2. The van der Waals surface area contributed by atoms with Crippen LogP contribution in [0.1, 0.15) is 86.5 Å². The predicted octanol–water partition coefficient (Wildman–Crippen LogP) is 8.09. The zero-order valence-corrected chi connectivity index (χ0v) is 26.2. The molecule has 11 heteroatoms. The van der Waals surface area contributed by atoms with Gasteiger partial charge in [0.15, 0.2) is 0 Å². The van der Waals surface area contributed by atoms with Crippen LogP contribution in [0.2, 0.25) is 15.1 Å². The van der Waals surface area contributed by atoms with Gasteiger partial charge < -0.3 is 9.26 Å². The molecule has 0 radical (unpaired) electrons. The Hall–Kier alpha value is -2.26. The molecule has 7 nitrogen and oxygen atoms in total. The summed E-state index contributed by atoms with van der Waals surface area (Å²) in [6.07, 6.45) is 8.64. The molecule has 1 N–H and O–H groups in total. The smallest absolute Gasteiger partial charge is 0.236 e. The molecule has 1 heterocycles. The van der Waals surface area contributed by atoms with Crippen LogP contribution in [0.15, 0.2) is 40.9 Å². The summed E-state index contributed by atoms with van der Waals surface area (Å²) in [5, 5.41) is 6.07. The lowest BCUT2D eigenvalue weighted by atomic mass is 9.82. The summed E-state index contributed by atoms with van der Waals surface area (Å²) in [6, 6.07) is 11.3. The van der Waals surface area contributed by atoms with Crippen molar-refractivity contribution in [2.75, 3.05) is 0 Å². The van der Waals surface area contributed by atoms with Gasteiger partial charge in [-0.3, -0.25) is 9.52 Å². The molecule has 0 spiro atoms. The maximum absolute atomic E-state index is 12.1. The number of ether oxygens (including phenoxy) is 1. The molecule has 0 aliphatic heterocycles. The zero-order valence-electron chi connectivity index (χ0n) is 23.0. The van der Waals surface area contributed by atoms with E-state index in [9.17, 15) is 13.2 Å². The van der Waals surface area contributed by atoms with Crippen LogP contribution in [0.4, 0.5) is 0 Å². The van der Waals surface area contributed by atoms with E-state index in [4.69, 9.17) is 44.1 Å². The number of carbonyl (C=O) groups is 1. The van der Waals surface area contributed by atoms with Crippen molar-refractivity contribution in [2.24, 2.45) is 17.8 Å². The zero-order chi connectivity index (χ0) is 29.4. The summed E-state index contributed by atoms with van der Waals surface area (Å²) in [4.78, 5) is 12.1. The first-order valence-electron chi connectivity index (χ1n) is 14.6. The number of amides is 1. The summed E-state index contributed by atoms with van der Waals surface area (Å²) >= 11 is 19.8. The van der Waals surface area contributed by atoms with Crippen molar-refractivity contribution in [1.82, 2.24) is 9.88 Å². The van der Waals surface area contributed by atoms with Gasteiger partial charge in [-0.15, -0.1) is 0 Å². The molecule has 2 atom stereocenters. The van der Waals surface area contributed by atoms with Crippen molar-refractivity contribution in [3.8, 4) is 17.0 Å². The van der Waals surface area contributed by atoms with Crippen LogP contribution in [-0.4, -0.2) is 19.5 Å². The summed E-state index contributed by atoms with van der Waals surface area (Å²) < 4.78 is 35.8. The Morgan fingerprint density at radius 3 is 2.33 bits per heavy atom. The standard InChI is InChI=1S/C31H33Cl3N2O5S/c32-25-8-3-9-26(33)28(25)29-24(30(41-35-29)18-10-11-18)16-40-20-12-13-21(27(34)14-20)23-15-22(23)17-4-1-6-19(7-2-5-17)31(37)36-42(38)39/h3,8-9,12-14,17-19,22-23,42H,1-2,4-7,10-11,15-16H2,(H,36,37,38,39). The van der Waals surface area contributed by atoms with E-state index in [1.807, 2.05) is 12.1 Å². The van der Waals surface area contributed by atoms with E-state index in [1.165, 1.54) is 0 Å². The third kappa shape index (κ3) is 6.62. The second-order valence-electron chi connectivity index (χ2n) is 11.8. The van der Waals surface area contributed by atoms with E-state index in [2.05, 4.69) is 15.9 Å². The maximum Gasteiger partial charge on any atom is 0.236 e. The topological polar surface area (TPSA) is 98.5 Å². The molecule has 42 heavy (non-hydrogen) atoms. The minimum atomic E-state index is -2.89. The number of halogens is 3. The molecule has 2 aromatic carbocycles. The minimum absolute atomic E-state index is 0.216. The number of nitrogens with one attached hydrogen (secondary N) is 1. The third-order valence-corrected chi connectivity index (χ3v) is 10.4. The van der Waals surface area contributed by atoms with Gasteiger partial charge >= 0.3 is 0 Å². The number of carbonyl (C=O) groups excluding carboxylic acids is 1. The SMILES string of the molecule is O=C(N[SH](=O)=O)C1CCCC(C2CC2c2ccc(OCc3c(-c4c(Cl)cccc4Cl)noc3C3CC3)cc2Cl)CCC1. The summed E-state index contributed by atoms with van der Waals surface area (Å²) in [7, 11) is -2.89. The number of nitrogens with zero attached hydrogens (tertiary/aromatic N) is 1. The van der Waals surface area contributed by atoms with Gasteiger partial charge in [0.1, 0.15) is 23.8 Å². The van der Waals surface area contributed by atoms with Crippen molar-refractivity contribution >= 4 is 51.6 Å². The van der Waals surface area contributed by atoms with Gasteiger partial charge in [-0.25, -0.2) is 8.42 Å².